The highest BCUT2D eigenvalue weighted by molar-refractivity contribution is 6.09. The van der Waals surface area contributed by atoms with Gasteiger partial charge in [-0.15, -0.1) is 5.10 Å². The van der Waals surface area contributed by atoms with E-state index in [1.807, 2.05) is 43.3 Å². The van der Waals surface area contributed by atoms with Crippen LogP contribution in [0.2, 0.25) is 0 Å². The molecular weight excluding hydrogens is 252 g/mol. The Bertz CT molecular complexity index is 791. The fraction of sp³-hybridized carbons (Fsp3) is 0.0667. The standard InChI is InChI=1S/C15H14N4O/c1-9-8-14(19-18-9)20-13-7-6-12(15(16)17)10-4-2-3-5-11(10)13/h2-8H,1H3,(H3,16,17)(H,18,19). The fourth-order valence-electron chi connectivity index (χ4n) is 2.15. The number of ether oxygens (including phenoxy) is 1. The Kier molecular flexibility index (Phi) is 2.87. The van der Waals surface area contributed by atoms with E-state index in [1.165, 1.54) is 0 Å². The van der Waals surface area contributed by atoms with E-state index in [-0.39, 0.29) is 5.84 Å². The predicted molar refractivity (Wildman–Crippen MR) is 78.4 cm³/mol. The number of fused-ring (bicyclic) bond motifs is 1. The average Bonchev–Trinajstić information content (AvgIpc) is 2.84. The van der Waals surface area contributed by atoms with Crippen molar-refractivity contribution in [2.24, 2.45) is 5.73 Å². The van der Waals surface area contributed by atoms with Gasteiger partial charge < -0.3 is 10.5 Å². The van der Waals surface area contributed by atoms with Gasteiger partial charge in [-0.1, -0.05) is 24.3 Å². The Hall–Kier alpha value is -2.82. The summed E-state index contributed by atoms with van der Waals surface area (Å²) in [6, 6.07) is 13.1. The first-order valence-electron chi connectivity index (χ1n) is 6.21. The van der Waals surface area contributed by atoms with E-state index in [2.05, 4.69) is 10.2 Å². The van der Waals surface area contributed by atoms with Gasteiger partial charge in [0.05, 0.1) is 0 Å². The molecule has 0 saturated carbocycles. The normalized spacial score (nSPS) is 10.7. The van der Waals surface area contributed by atoms with Crippen LogP contribution in [0.15, 0.2) is 42.5 Å². The number of hydrogen-bond acceptors (Lipinski definition) is 3. The van der Waals surface area contributed by atoms with Crippen molar-refractivity contribution < 1.29 is 4.74 Å². The highest BCUT2D eigenvalue weighted by Crippen LogP contribution is 2.31. The predicted octanol–water partition coefficient (Wildman–Crippen LogP) is 2.95. The zero-order valence-corrected chi connectivity index (χ0v) is 11.0. The number of nitrogen functional groups attached to an aromatic ring is 1. The third-order valence-electron chi connectivity index (χ3n) is 3.07. The van der Waals surface area contributed by atoms with E-state index in [0.717, 1.165) is 16.5 Å². The van der Waals surface area contributed by atoms with Gasteiger partial charge in [0, 0.05) is 22.7 Å². The summed E-state index contributed by atoms with van der Waals surface area (Å²) in [5.41, 5.74) is 7.25. The van der Waals surface area contributed by atoms with Crippen LogP contribution in [-0.2, 0) is 0 Å². The molecule has 0 aliphatic carbocycles. The first kappa shape index (κ1) is 12.2. The van der Waals surface area contributed by atoms with Gasteiger partial charge in [-0.25, -0.2) is 0 Å². The first-order valence-corrected chi connectivity index (χ1v) is 6.21. The number of aromatic amines is 1. The molecule has 0 unspecified atom stereocenters. The van der Waals surface area contributed by atoms with Gasteiger partial charge in [0.2, 0.25) is 5.88 Å². The summed E-state index contributed by atoms with van der Waals surface area (Å²) in [6.07, 6.45) is 0. The Morgan fingerprint density at radius 1 is 1.20 bits per heavy atom. The van der Waals surface area contributed by atoms with Crippen LogP contribution < -0.4 is 10.5 Å². The van der Waals surface area contributed by atoms with Crippen LogP contribution >= 0.6 is 0 Å². The summed E-state index contributed by atoms with van der Waals surface area (Å²) in [4.78, 5) is 0. The molecule has 1 aromatic heterocycles. The maximum atomic E-state index is 7.63. The largest absolute Gasteiger partial charge is 0.437 e. The lowest BCUT2D eigenvalue weighted by Gasteiger charge is -2.10. The van der Waals surface area contributed by atoms with Crippen LogP contribution in [0.5, 0.6) is 11.6 Å². The van der Waals surface area contributed by atoms with Gasteiger partial charge >= 0.3 is 0 Å². The van der Waals surface area contributed by atoms with Crippen LogP contribution in [0, 0.1) is 12.3 Å². The third kappa shape index (κ3) is 2.09. The molecule has 0 aliphatic heterocycles. The van der Waals surface area contributed by atoms with Crippen LogP contribution in [-0.4, -0.2) is 16.0 Å². The van der Waals surface area contributed by atoms with Gasteiger partial charge in [-0.3, -0.25) is 10.5 Å². The summed E-state index contributed by atoms with van der Waals surface area (Å²) in [7, 11) is 0. The maximum Gasteiger partial charge on any atom is 0.238 e. The topological polar surface area (TPSA) is 87.8 Å². The summed E-state index contributed by atoms with van der Waals surface area (Å²) in [5, 5.41) is 16.3. The fourth-order valence-corrected chi connectivity index (χ4v) is 2.15. The van der Waals surface area contributed by atoms with Crippen LogP contribution in [0.4, 0.5) is 0 Å². The molecule has 0 aliphatic rings. The van der Waals surface area contributed by atoms with Crippen molar-refractivity contribution in [2.75, 3.05) is 0 Å². The molecule has 4 N–H and O–H groups in total. The van der Waals surface area contributed by atoms with Crippen LogP contribution in [0.3, 0.4) is 0 Å². The average molecular weight is 266 g/mol. The minimum absolute atomic E-state index is 0.0448. The SMILES string of the molecule is Cc1cc(Oc2ccc(C(=N)N)c3ccccc23)n[nH]1. The molecule has 0 spiro atoms. The molecular formula is C15H14N4O. The third-order valence-corrected chi connectivity index (χ3v) is 3.07. The Morgan fingerprint density at radius 3 is 2.60 bits per heavy atom. The lowest BCUT2D eigenvalue weighted by atomic mass is 10.0. The van der Waals surface area contributed by atoms with Crippen molar-refractivity contribution in [3.8, 4) is 11.6 Å². The smallest absolute Gasteiger partial charge is 0.238 e. The lowest BCUT2D eigenvalue weighted by molar-refractivity contribution is 0.467. The molecule has 0 atom stereocenters. The molecule has 0 radical (unpaired) electrons. The lowest BCUT2D eigenvalue weighted by Crippen LogP contribution is -2.11. The van der Waals surface area contributed by atoms with Gasteiger partial charge in [-0.2, -0.15) is 0 Å². The molecule has 20 heavy (non-hydrogen) atoms. The van der Waals surface area contributed by atoms with E-state index in [1.54, 1.807) is 6.07 Å². The van der Waals surface area contributed by atoms with Gasteiger partial charge in [-0.05, 0) is 24.4 Å². The van der Waals surface area contributed by atoms with E-state index in [0.29, 0.717) is 17.2 Å². The number of nitrogens with two attached hydrogens (primary N) is 1. The number of nitrogens with one attached hydrogen (secondary N) is 2. The summed E-state index contributed by atoms with van der Waals surface area (Å²) < 4.78 is 5.79. The number of rotatable bonds is 3. The second-order valence-corrected chi connectivity index (χ2v) is 4.56. The van der Waals surface area contributed by atoms with Crippen molar-refractivity contribution in [3.63, 3.8) is 0 Å². The van der Waals surface area contributed by atoms with E-state index in [4.69, 9.17) is 15.9 Å². The number of aryl methyl sites for hydroxylation is 1. The van der Waals surface area contributed by atoms with E-state index < -0.39 is 0 Å². The minimum Gasteiger partial charge on any atom is -0.437 e. The summed E-state index contributed by atoms with van der Waals surface area (Å²) >= 11 is 0. The zero-order chi connectivity index (χ0) is 14.1. The highest BCUT2D eigenvalue weighted by Gasteiger charge is 2.10. The molecule has 5 nitrogen and oxygen atoms in total. The molecule has 100 valence electrons. The van der Waals surface area contributed by atoms with Crippen molar-refractivity contribution >= 4 is 16.6 Å². The van der Waals surface area contributed by atoms with Crippen molar-refractivity contribution in [1.29, 1.82) is 5.41 Å². The monoisotopic (exact) mass is 266 g/mol. The highest BCUT2D eigenvalue weighted by atomic mass is 16.5. The zero-order valence-electron chi connectivity index (χ0n) is 11.0. The van der Waals surface area contributed by atoms with Crippen molar-refractivity contribution in [1.82, 2.24) is 10.2 Å². The van der Waals surface area contributed by atoms with Crippen molar-refractivity contribution in [3.05, 3.63) is 53.7 Å². The second-order valence-electron chi connectivity index (χ2n) is 4.56. The summed E-state index contributed by atoms with van der Waals surface area (Å²) in [5.74, 6) is 1.25. The quantitative estimate of drug-likeness (QED) is 0.503. The maximum absolute atomic E-state index is 7.63. The first-order chi connectivity index (χ1) is 9.65. The number of nitrogens with zero attached hydrogens (tertiary/aromatic N) is 1. The number of amidine groups is 1. The van der Waals surface area contributed by atoms with Gasteiger partial charge in [0.15, 0.2) is 0 Å². The molecule has 0 amide bonds. The Labute approximate surface area is 115 Å². The number of H-pyrrole nitrogens is 1. The van der Waals surface area contributed by atoms with Crippen molar-refractivity contribution in [2.45, 2.75) is 6.92 Å². The second kappa shape index (κ2) is 4.70. The van der Waals surface area contributed by atoms with Gasteiger partial charge in [0.1, 0.15) is 11.6 Å². The number of aromatic nitrogens is 2. The summed E-state index contributed by atoms with van der Waals surface area (Å²) in [6.45, 7) is 1.91. The molecule has 5 heteroatoms. The molecule has 3 aromatic rings. The van der Waals surface area contributed by atoms with E-state index >= 15 is 0 Å². The molecule has 0 fully saturated rings. The molecule has 0 bridgehead atoms. The molecule has 3 rings (SSSR count). The minimum atomic E-state index is 0.0448. The molecule has 0 saturated heterocycles. The van der Waals surface area contributed by atoms with Crippen LogP contribution in [0.25, 0.3) is 10.8 Å². The Morgan fingerprint density at radius 2 is 1.95 bits per heavy atom. The van der Waals surface area contributed by atoms with Crippen LogP contribution in [0.1, 0.15) is 11.3 Å². The Balaban J connectivity index is 2.12. The number of benzene rings is 2. The molecule has 2 aromatic carbocycles. The van der Waals surface area contributed by atoms with Gasteiger partial charge in [0.25, 0.3) is 0 Å². The number of hydrogen-bond donors (Lipinski definition) is 3. The van der Waals surface area contributed by atoms with E-state index in [9.17, 15) is 0 Å². The molecule has 1 heterocycles.